The topological polar surface area (TPSA) is 20.2 Å². The van der Waals surface area contributed by atoms with Crippen LogP contribution < -0.4 is 0 Å². The predicted octanol–water partition coefficient (Wildman–Crippen LogP) is 3.22. The molecule has 2 rings (SSSR count). The fourth-order valence-corrected chi connectivity index (χ4v) is 1.76. The summed E-state index contributed by atoms with van der Waals surface area (Å²) >= 11 is 0. The van der Waals surface area contributed by atoms with E-state index in [0.717, 1.165) is 11.1 Å². The van der Waals surface area contributed by atoms with Crippen molar-refractivity contribution in [1.82, 2.24) is 0 Å². The number of hydrogen-bond donors (Lipinski definition) is 1. The Hall–Kier alpha value is -1.67. The summed E-state index contributed by atoms with van der Waals surface area (Å²) in [5.41, 5.74) is 2.02. The van der Waals surface area contributed by atoms with Crippen molar-refractivity contribution in [3.8, 4) is 0 Å². The fourth-order valence-electron chi connectivity index (χ4n) is 1.76. The maximum Gasteiger partial charge on any atom is 0.129 e. The SMILES string of the molecule is Cc1ccccc1C(O)c1ccccc1F. The number of rotatable bonds is 2. The predicted molar refractivity (Wildman–Crippen MR) is 61.6 cm³/mol. The monoisotopic (exact) mass is 216 g/mol. The maximum absolute atomic E-state index is 13.5. The van der Waals surface area contributed by atoms with Crippen LogP contribution in [0.3, 0.4) is 0 Å². The Morgan fingerprint density at radius 3 is 2.12 bits per heavy atom. The molecule has 2 aromatic carbocycles. The minimum atomic E-state index is -0.901. The highest BCUT2D eigenvalue weighted by molar-refractivity contribution is 5.35. The van der Waals surface area contributed by atoms with Crippen LogP contribution in [-0.2, 0) is 0 Å². The third kappa shape index (κ3) is 1.97. The van der Waals surface area contributed by atoms with Gasteiger partial charge < -0.3 is 5.11 Å². The van der Waals surface area contributed by atoms with Crippen LogP contribution in [0.4, 0.5) is 4.39 Å². The number of aliphatic hydroxyl groups is 1. The zero-order chi connectivity index (χ0) is 11.5. The fraction of sp³-hybridized carbons (Fsp3) is 0.143. The lowest BCUT2D eigenvalue weighted by molar-refractivity contribution is 0.214. The minimum Gasteiger partial charge on any atom is -0.384 e. The first-order chi connectivity index (χ1) is 7.70. The Labute approximate surface area is 94.2 Å². The summed E-state index contributed by atoms with van der Waals surface area (Å²) in [6.45, 7) is 1.90. The van der Waals surface area contributed by atoms with Gasteiger partial charge in [0.15, 0.2) is 0 Å². The van der Waals surface area contributed by atoms with Crippen molar-refractivity contribution in [1.29, 1.82) is 0 Å². The summed E-state index contributed by atoms with van der Waals surface area (Å²) in [5, 5.41) is 10.1. The second-order valence-corrected chi connectivity index (χ2v) is 3.78. The molecule has 0 fully saturated rings. The van der Waals surface area contributed by atoms with Gasteiger partial charge in [-0.15, -0.1) is 0 Å². The van der Waals surface area contributed by atoms with Crippen molar-refractivity contribution in [2.24, 2.45) is 0 Å². The van der Waals surface area contributed by atoms with Crippen molar-refractivity contribution in [3.05, 3.63) is 71.0 Å². The molecule has 0 radical (unpaired) electrons. The van der Waals surface area contributed by atoms with Gasteiger partial charge in [0.2, 0.25) is 0 Å². The van der Waals surface area contributed by atoms with Gasteiger partial charge in [0.05, 0.1) is 0 Å². The van der Waals surface area contributed by atoms with Gasteiger partial charge in [-0.3, -0.25) is 0 Å². The summed E-state index contributed by atoms with van der Waals surface area (Å²) in [4.78, 5) is 0. The summed E-state index contributed by atoms with van der Waals surface area (Å²) in [7, 11) is 0. The largest absolute Gasteiger partial charge is 0.384 e. The van der Waals surface area contributed by atoms with E-state index in [1.165, 1.54) is 6.07 Å². The summed E-state index contributed by atoms with van der Waals surface area (Å²) in [6.07, 6.45) is -0.901. The van der Waals surface area contributed by atoms with E-state index in [9.17, 15) is 9.50 Å². The van der Waals surface area contributed by atoms with Crippen LogP contribution in [0, 0.1) is 12.7 Å². The van der Waals surface area contributed by atoms with Crippen LogP contribution in [-0.4, -0.2) is 5.11 Å². The molecule has 0 aliphatic rings. The van der Waals surface area contributed by atoms with Crippen LogP contribution in [0.2, 0.25) is 0 Å². The van der Waals surface area contributed by atoms with E-state index >= 15 is 0 Å². The smallest absolute Gasteiger partial charge is 0.129 e. The average Bonchev–Trinajstić information content (AvgIpc) is 2.29. The van der Waals surface area contributed by atoms with Crippen LogP contribution in [0.25, 0.3) is 0 Å². The molecule has 1 nitrogen and oxygen atoms in total. The van der Waals surface area contributed by atoms with Crippen molar-refractivity contribution in [2.45, 2.75) is 13.0 Å². The van der Waals surface area contributed by atoms with Crippen LogP contribution in [0.1, 0.15) is 22.8 Å². The molecular formula is C14H13FO. The molecule has 16 heavy (non-hydrogen) atoms. The third-order valence-electron chi connectivity index (χ3n) is 2.68. The van der Waals surface area contributed by atoms with E-state index in [4.69, 9.17) is 0 Å². The van der Waals surface area contributed by atoms with Crippen LogP contribution in [0.5, 0.6) is 0 Å². The standard InChI is InChI=1S/C14H13FO/c1-10-6-2-3-7-11(10)14(16)12-8-4-5-9-13(12)15/h2-9,14,16H,1H3. The van der Waals surface area contributed by atoms with Gasteiger partial charge in [-0.05, 0) is 24.1 Å². The normalized spacial score (nSPS) is 12.4. The Bertz CT molecular complexity index is 448. The molecule has 0 aromatic heterocycles. The number of aliphatic hydroxyl groups excluding tert-OH is 1. The lowest BCUT2D eigenvalue weighted by Crippen LogP contribution is -2.04. The average molecular weight is 216 g/mol. The molecule has 0 saturated heterocycles. The van der Waals surface area contributed by atoms with Crippen molar-refractivity contribution < 1.29 is 9.50 Å². The number of halogens is 1. The van der Waals surface area contributed by atoms with Crippen molar-refractivity contribution in [2.75, 3.05) is 0 Å². The Morgan fingerprint density at radius 2 is 1.50 bits per heavy atom. The zero-order valence-corrected chi connectivity index (χ0v) is 9.02. The van der Waals surface area contributed by atoms with Crippen molar-refractivity contribution >= 4 is 0 Å². The maximum atomic E-state index is 13.5. The van der Waals surface area contributed by atoms with E-state index in [2.05, 4.69) is 0 Å². The first-order valence-electron chi connectivity index (χ1n) is 5.18. The molecule has 1 atom stereocenters. The molecule has 0 aliphatic carbocycles. The second-order valence-electron chi connectivity index (χ2n) is 3.78. The molecule has 0 heterocycles. The van der Waals surface area contributed by atoms with Gasteiger partial charge in [-0.2, -0.15) is 0 Å². The Morgan fingerprint density at radius 1 is 0.938 bits per heavy atom. The van der Waals surface area contributed by atoms with E-state index < -0.39 is 6.10 Å². The molecule has 0 amide bonds. The van der Waals surface area contributed by atoms with Crippen molar-refractivity contribution in [3.63, 3.8) is 0 Å². The summed E-state index contributed by atoms with van der Waals surface area (Å²) < 4.78 is 13.5. The first kappa shape index (κ1) is 10.8. The van der Waals surface area contributed by atoms with E-state index in [0.29, 0.717) is 5.56 Å². The van der Waals surface area contributed by atoms with Crippen LogP contribution in [0.15, 0.2) is 48.5 Å². The molecule has 82 valence electrons. The first-order valence-corrected chi connectivity index (χ1v) is 5.18. The molecule has 0 saturated carbocycles. The van der Waals surface area contributed by atoms with Gasteiger partial charge >= 0.3 is 0 Å². The molecule has 1 N–H and O–H groups in total. The van der Waals surface area contributed by atoms with Gasteiger partial charge in [-0.1, -0.05) is 42.5 Å². The van der Waals surface area contributed by atoms with E-state index in [1.807, 2.05) is 31.2 Å². The summed E-state index contributed by atoms with van der Waals surface area (Å²) in [6, 6.07) is 13.7. The van der Waals surface area contributed by atoms with Gasteiger partial charge in [0, 0.05) is 5.56 Å². The van der Waals surface area contributed by atoms with Gasteiger partial charge in [0.25, 0.3) is 0 Å². The molecular weight excluding hydrogens is 203 g/mol. The van der Waals surface area contributed by atoms with E-state index in [1.54, 1.807) is 18.2 Å². The van der Waals surface area contributed by atoms with Gasteiger partial charge in [0.1, 0.15) is 11.9 Å². The lowest BCUT2D eigenvalue weighted by atomic mass is 9.97. The number of benzene rings is 2. The lowest BCUT2D eigenvalue weighted by Gasteiger charge is -2.14. The van der Waals surface area contributed by atoms with E-state index in [-0.39, 0.29) is 5.82 Å². The number of aryl methyl sites for hydroxylation is 1. The summed E-state index contributed by atoms with van der Waals surface area (Å²) in [5.74, 6) is -0.377. The number of hydrogen-bond acceptors (Lipinski definition) is 1. The molecule has 2 aromatic rings. The highest BCUT2D eigenvalue weighted by Gasteiger charge is 2.15. The van der Waals surface area contributed by atoms with Gasteiger partial charge in [-0.25, -0.2) is 4.39 Å². The molecule has 0 aliphatic heterocycles. The molecule has 1 unspecified atom stereocenters. The molecule has 0 spiro atoms. The van der Waals surface area contributed by atoms with Crippen LogP contribution >= 0.6 is 0 Å². The highest BCUT2D eigenvalue weighted by atomic mass is 19.1. The zero-order valence-electron chi connectivity index (χ0n) is 9.02. The third-order valence-corrected chi connectivity index (χ3v) is 2.68. The molecule has 2 heteroatoms. The Balaban J connectivity index is 2.44. The molecule has 0 bridgehead atoms. The Kier molecular flexibility index (Phi) is 3.02. The quantitative estimate of drug-likeness (QED) is 0.817. The second kappa shape index (κ2) is 4.45. The minimum absolute atomic E-state index is 0.316. The highest BCUT2D eigenvalue weighted by Crippen LogP contribution is 2.26.